The van der Waals surface area contributed by atoms with Crippen LogP contribution in [0.3, 0.4) is 0 Å². The molecular weight excluding hydrogens is 334 g/mol. The third-order valence-electron chi connectivity index (χ3n) is 3.88. The van der Waals surface area contributed by atoms with Crippen LogP contribution < -0.4 is 10.1 Å². The van der Waals surface area contributed by atoms with E-state index in [2.05, 4.69) is 15.5 Å². The summed E-state index contributed by atoms with van der Waals surface area (Å²) in [5.74, 6) is 0.672. The molecule has 0 spiro atoms. The van der Waals surface area contributed by atoms with Crippen molar-refractivity contribution in [3.05, 3.63) is 70.7 Å². The summed E-state index contributed by atoms with van der Waals surface area (Å²) in [6.45, 7) is 1.86. The lowest BCUT2D eigenvalue weighted by molar-refractivity contribution is -0.116. The van der Waals surface area contributed by atoms with Crippen molar-refractivity contribution in [1.29, 1.82) is 0 Å². The molecule has 0 unspecified atom stereocenters. The molecule has 2 aromatic carbocycles. The first-order chi connectivity index (χ1) is 12.2. The molecule has 5 nitrogen and oxygen atoms in total. The van der Waals surface area contributed by atoms with Crippen LogP contribution in [0, 0.1) is 6.92 Å². The average Bonchev–Trinajstić information content (AvgIpc) is 3.05. The van der Waals surface area contributed by atoms with Gasteiger partial charge in [-0.25, -0.2) is 0 Å². The molecule has 0 bridgehead atoms. The molecule has 0 saturated carbocycles. The van der Waals surface area contributed by atoms with Gasteiger partial charge in [-0.05, 0) is 30.2 Å². The number of carbonyl (C=O) groups excluding carboxylic acids is 1. The summed E-state index contributed by atoms with van der Waals surface area (Å²) < 4.78 is 5.22. The minimum Gasteiger partial charge on any atom is -0.497 e. The zero-order chi connectivity index (χ0) is 17.6. The van der Waals surface area contributed by atoms with Gasteiger partial charge in [0.1, 0.15) is 10.8 Å². The molecule has 1 aromatic heterocycles. The number of carbonyl (C=O) groups is 1. The summed E-state index contributed by atoms with van der Waals surface area (Å²) in [6.07, 6.45) is 0.328. The Balaban J connectivity index is 1.82. The van der Waals surface area contributed by atoms with E-state index in [9.17, 15) is 4.79 Å². The molecule has 0 aliphatic heterocycles. The predicted octanol–water partition coefficient (Wildman–Crippen LogP) is 4.02. The summed E-state index contributed by atoms with van der Waals surface area (Å²) in [5, 5.41) is 12.1. The Labute approximate surface area is 150 Å². The lowest BCUT2D eigenvalue weighted by Gasteiger charge is -2.18. The van der Waals surface area contributed by atoms with Gasteiger partial charge in [-0.15, -0.1) is 10.2 Å². The van der Waals surface area contributed by atoms with Crippen LogP contribution in [0.4, 0.5) is 5.13 Å². The van der Waals surface area contributed by atoms with Crippen LogP contribution in [0.1, 0.15) is 28.5 Å². The van der Waals surface area contributed by atoms with Crippen LogP contribution in [0.25, 0.3) is 0 Å². The number of benzene rings is 2. The fraction of sp³-hybridized carbons (Fsp3) is 0.211. The minimum absolute atomic E-state index is 0.0406. The maximum atomic E-state index is 12.5. The maximum Gasteiger partial charge on any atom is 0.227 e. The van der Waals surface area contributed by atoms with Gasteiger partial charge < -0.3 is 10.1 Å². The minimum atomic E-state index is -0.0826. The average molecular weight is 353 g/mol. The second kappa shape index (κ2) is 7.90. The van der Waals surface area contributed by atoms with Crippen molar-refractivity contribution in [2.45, 2.75) is 19.3 Å². The van der Waals surface area contributed by atoms with E-state index in [1.807, 2.05) is 61.5 Å². The van der Waals surface area contributed by atoms with E-state index in [4.69, 9.17) is 4.74 Å². The quantitative estimate of drug-likeness (QED) is 0.727. The van der Waals surface area contributed by atoms with Crippen molar-refractivity contribution in [2.24, 2.45) is 0 Å². The van der Waals surface area contributed by atoms with Gasteiger partial charge in [0.15, 0.2) is 0 Å². The highest BCUT2D eigenvalue weighted by Crippen LogP contribution is 2.30. The van der Waals surface area contributed by atoms with Crippen LogP contribution in [-0.4, -0.2) is 23.2 Å². The molecule has 0 fully saturated rings. The van der Waals surface area contributed by atoms with Crippen LogP contribution in [0.15, 0.2) is 54.6 Å². The lowest BCUT2D eigenvalue weighted by Crippen LogP contribution is -2.16. The Kier molecular flexibility index (Phi) is 5.40. The lowest BCUT2D eigenvalue weighted by atomic mass is 9.88. The number of amides is 1. The third kappa shape index (κ3) is 4.42. The summed E-state index contributed by atoms with van der Waals surface area (Å²) in [4.78, 5) is 12.5. The number of rotatable bonds is 6. The highest BCUT2D eigenvalue weighted by Gasteiger charge is 2.19. The van der Waals surface area contributed by atoms with Crippen LogP contribution in [0.2, 0.25) is 0 Å². The molecule has 3 aromatic rings. The van der Waals surface area contributed by atoms with Gasteiger partial charge in [0.05, 0.1) is 7.11 Å². The van der Waals surface area contributed by atoms with Crippen molar-refractivity contribution in [1.82, 2.24) is 10.2 Å². The van der Waals surface area contributed by atoms with Crippen LogP contribution >= 0.6 is 11.3 Å². The van der Waals surface area contributed by atoms with Gasteiger partial charge in [0.2, 0.25) is 11.0 Å². The number of aromatic nitrogens is 2. The summed E-state index contributed by atoms with van der Waals surface area (Å²) >= 11 is 1.37. The molecule has 3 rings (SSSR count). The zero-order valence-electron chi connectivity index (χ0n) is 14.1. The molecule has 1 amide bonds. The van der Waals surface area contributed by atoms with Gasteiger partial charge >= 0.3 is 0 Å². The number of nitrogens with zero attached hydrogens (tertiary/aromatic N) is 2. The van der Waals surface area contributed by atoms with Gasteiger partial charge in [-0.2, -0.15) is 0 Å². The third-order valence-corrected chi connectivity index (χ3v) is 4.64. The van der Waals surface area contributed by atoms with Crippen molar-refractivity contribution in [3.8, 4) is 5.75 Å². The Bertz CT molecular complexity index is 831. The standard InChI is InChI=1S/C19H19N3O2S/c1-13-21-22-19(25-13)20-18(23)12-17(14-6-4-3-5-7-14)15-8-10-16(24-2)11-9-15/h3-11,17H,12H2,1-2H3,(H,20,22,23)/t17-/m1/s1. The Morgan fingerprint density at radius 1 is 1.08 bits per heavy atom. The molecule has 128 valence electrons. The highest BCUT2D eigenvalue weighted by molar-refractivity contribution is 7.15. The molecule has 0 aliphatic rings. The number of ether oxygens (including phenoxy) is 1. The van der Waals surface area contributed by atoms with Crippen LogP contribution in [0.5, 0.6) is 5.75 Å². The fourth-order valence-corrected chi connectivity index (χ4v) is 3.26. The van der Waals surface area contributed by atoms with E-state index in [-0.39, 0.29) is 11.8 Å². The zero-order valence-corrected chi connectivity index (χ0v) is 14.9. The van der Waals surface area contributed by atoms with E-state index in [1.165, 1.54) is 11.3 Å². The highest BCUT2D eigenvalue weighted by atomic mass is 32.1. The van der Waals surface area contributed by atoms with E-state index < -0.39 is 0 Å². The largest absolute Gasteiger partial charge is 0.497 e. The van der Waals surface area contributed by atoms with Gasteiger partial charge in [-0.3, -0.25) is 4.79 Å². The Morgan fingerprint density at radius 2 is 1.76 bits per heavy atom. The number of aryl methyl sites for hydroxylation is 1. The first kappa shape index (κ1) is 17.1. The maximum absolute atomic E-state index is 12.5. The number of hydrogen-bond donors (Lipinski definition) is 1. The predicted molar refractivity (Wildman–Crippen MR) is 99.2 cm³/mol. The molecule has 1 heterocycles. The van der Waals surface area contributed by atoms with E-state index >= 15 is 0 Å². The van der Waals surface area contributed by atoms with Crippen molar-refractivity contribution in [2.75, 3.05) is 12.4 Å². The first-order valence-corrected chi connectivity index (χ1v) is 8.76. The summed E-state index contributed by atoms with van der Waals surface area (Å²) in [6, 6.07) is 17.8. The molecule has 0 saturated heterocycles. The first-order valence-electron chi connectivity index (χ1n) is 7.94. The SMILES string of the molecule is COc1ccc([C@H](CC(=O)Nc2nnc(C)s2)c2ccccc2)cc1. The van der Waals surface area contributed by atoms with Crippen molar-refractivity contribution < 1.29 is 9.53 Å². The molecule has 1 N–H and O–H groups in total. The smallest absolute Gasteiger partial charge is 0.227 e. The molecule has 1 atom stereocenters. The van der Waals surface area contributed by atoms with E-state index in [1.54, 1.807) is 7.11 Å². The van der Waals surface area contributed by atoms with E-state index in [0.29, 0.717) is 11.6 Å². The van der Waals surface area contributed by atoms with Crippen molar-refractivity contribution >= 4 is 22.4 Å². The summed E-state index contributed by atoms with van der Waals surface area (Å²) in [7, 11) is 1.64. The van der Waals surface area contributed by atoms with Gasteiger partial charge in [0, 0.05) is 12.3 Å². The molecule has 0 aliphatic carbocycles. The number of nitrogens with one attached hydrogen (secondary N) is 1. The van der Waals surface area contributed by atoms with E-state index in [0.717, 1.165) is 21.9 Å². The van der Waals surface area contributed by atoms with Gasteiger partial charge in [-0.1, -0.05) is 53.8 Å². The summed E-state index contributed by atoms with van der Waals surface area (Å²) in [5.41, 5.74) is 2.16. The number of methoxy groups -OCH3 is 1. The van der Waals surface area contributed by atoms with Gasteiger partial charge in [0.25, 0.3) is 0 Å². The second-order valence-electron chi connectivity index (χ2n) is 5.61. The molecule has 0 radical (unpaired) electrons. The number of anilines is 1. The second-order valence-corrected chi connectivity index (χ2v) is 6.80. The van der Waals surface area contributed by atoms with Crippen molar-refractivity contribution in [3.63, 3.8) is 0 Å². The Hall–Kier alpha value is -2.73. The molecular formula is C19H19N3O2S. The molecule has 25 heavy (non-hydrogen) atoms. The topological polar surface area (TPSA) is 64.1 Å². The van der Waals surface area contributed by atoms with Crippen LogP contribution in [-0.2, 0) is 4.79 Å². The monoisotopic (exact) mass is 353 g/mol. The Morgan fingerprint density at radius 3 is 2.36 bits per heavy atom. The number of hydrogen-bond acceptors (Lipinski definition) is 5. The normalized spacial score (nSPS) is 11.8. The fourth-order valence-electron chi connectivity index (χ4n) is 2.65. The molecule has 6 heteroatoms.